The van der Waals surface area contributed by atoms with Crippen molar-refractivity contribution in [1.29, 1.82) is 0 Å². The van der Waals surface area contributed by atoms with E-state index < -0.39 is 5.60 Å². The summed E-state index contributed by atoms with van der Waals surface area (Å²) in [4.78, 5) is 18.9. The Balaban J connectivity index is 1.21. The average Bonchev–Trinajstić information content (AvgIpc) is 3.69. The van der Waals surface area contributed by atoms with E-state index >= 15 is 0 Å². The SMILES string of the molecule is CC(C)(C)OC(=O)N1CCN(CCOCc2cn(CCOCCOCCOCCOCCOCCOCCOCCOCCOCCOCCOCCN=[N+]=[N-])nn2)CC1. The summed E-state index contributed by atoms with van der Waals surface area (Å²) in [5.41, 5.74) is 8.44. The lowest BCUT2D eigenvalue weighted by Crippen LogP contribution is -2.50. The molecule has 0 unspecified atom stereocenters. The van der Waals surface area contributed by atoms with Gasteiger partial charge in [0.1, 0.15) is 11.3 Å². The molecule has 1 amide bonds. The van der Waals surface area contributed by atoms with E-state index in [1.54, 1.807) is 9.58 Å². The summed E-state index contributed by atoms with van der Waals surface area (Å²) in [5, 5.41) is 11.7. The number of carbonyl (C=O) groups is 1. The third kappa shape index (κ3) is 32.9. The number of nitrogens with zero attached hydrogens (tertiary/aromatic N) is 8. The van der Waals surface area contributed by atoms with Crippen molar-refractivity contribution in [2.75, 3.05) is 191 Å². The molecule has 2 rings (SSSR count). The van der Waals surface area contributed by atoms with Crippen molar-refractivity contribution in [3.63, 3.8) is 0 Å². The van der Waals surface area contributed by atoms with Crippen LogP contribution in [0.5, 0.6) is 0 Å². The maximum atomic E-state index is 12.2. The van der Waals surface area contributed by atoms with Gasteiger partial charge in [-0.3, -0.25) is 4.90 Å². The lowest BCUT2D eigenvalue weighted by Gasteiger charge is -2.35. The fourth-order valence-corrected chi connectivity index (χ4v) is 4.97. The molecule has 0 bridgehead atoms. The fraction of sp³-hybridized carbons (Fsp3) is 0.921. The second-order valence-corrected chi connectivity index (χ2v) is 14.0. The van der Waals surface area contributed by atoms with Crippen LogP contribution in [-0.4, -0.2) is 228 Å². The Hall–Kier alpha value is -2.80. The molecule has 22 heteroatoms. The minimum atomic E-state index is -0.483. The Kier molecular flexibility index (Phi) is 33.7. The molecule has 0 spiro atoms. The first-order valence-electron chi connectivity index (χ1n) is 20.9. The molecule has 0 atom stereocenters. The summed E-state index contributed by atoms with van der Waals surface area (Å²) < 4.78 is 73.2. The quantitative estimate of drug-likeness (QED) is 0.0396. The van der Waals surface area contributed by atoms with Crippen LogP contribution in [0.25, 0.3) is 10.4 Å². The van der Waals surface area contributed by atoms with E-state index in [0.717, 1.165) is 25.3 Å². The molecule has 22 nitrogen and oxygen atoms in total. The van der Waals surface area contributed by atoms with E-state index in [2.05, 4.69) is 25.2 Å². The molecule has 1 aliphatic heterocycles. The normalized spacial score (nSPS) is 13.6. The van der Waals surface area contributed by atoms with Gasteiger partial charge >= 0.3 is 6.09 Å². The van der Waals surface area contributed by atoms with Crippen LogP contribution >= 0.6 is 0 Å². The van der Waals surface area contributed by atoms with Crippen molar-refractivity contribution >= 4 is 6.09 Å². The standard InChI is InChI=1S/C38H72N8O14/c1-38(2,3)60-37(47)45-7-5-44(6-8-45)9-12-59-35-36-34-46(43-41-36)10-13-49-15-17-51-19-21-53-23-25-55-27-29-57-31-33-58-32-30-56-28-26-54-24-22-52-20-18-50-16-14-48-11-4-40-42-39/h34H,4-33,35H2,1-3H3. The zero-order valence-corrected chi connectivity index (χ0v) is 36.3. The van der Waals surface area contributed by atoms with E-state index in [-0.39, 0.29) is 6.09 Å². The highest BCUT2D eigenvalue weighted by Gasteiger charge is 2.25. The number of ether oxygens (including phenoxy) is 13. The van der Waals surface area contributed by atoms with Crippen molar-refractivity contribution in [2.24, 2.45) is 5.11 Å². The molecule has 1 aliphatic rings. The summed E-state index contributed by atoms with van der Waals surface area (Å²) in [6.07, 6.45) is 1.61. The molecule has 0 saturated carbocycles. The van der Waals surface area contributed by atoms with E-state index in [0.29, 0.717) is 185 Å². The van der Waals surface area contributed by atoms with Crippen LogP contribution in [0.1, 0.15) is 26.5 Å². The maximum Gasteiger partial charge on any atom is 0.410 e. The minimum Gasteiger partial charge on any atom is -0.444 e. The van der Waals surface area contributed by atoms with Gasteiger partial charge in [0, 0.05) is 44.2 Å². The predicted octanol–water partition coefficient (Wildman–Crippen LogP) is 1.84. The lowest BCUT2D eigenvalue weighted by atomic mass is 10.2. The number of carbonyl (C=O) groups excluding carboxylic acids is 1. The Morgan fingerprint density at radius 1 is 0.583 bits per heavy atom. The zero-order valence-electron chi connectivity index (χ0n) is 36.3. The molecule has 0 aliphatic carbocycles. The summed E-state index contributed by atoms with van der Waals surface area (Å²) in [6, 6.07) is 0. The van der Waals surface area contributed by atoms with Crippen LogP contribution in [0.2, 0.25) is 0 Å². The second-order valence-electron chi connectivity index (χ2n) is 14.0. The highest BCUT2D eigenvalue weighted by atomic mass is 16.6. The maximum absolute atomic E-state index is 12.2. The van der Waals surface area contributed by atoms with Crippen LogP contribution in [0.4, 0.5) is 4.79 Å². The van der Waals surface area contributed by atoms with Gasteiger partial charge in [0.15, 0.2) is 0 Å². The summed E-state index contributed by atoms with van der Waals surface area (Å²) >= 11 is 0. The van der Waals surface area contributed by atoms with Crippen LogP contribution in [0.15, 0.2) is 11.3 Å². The van der Waals surface area contributed by atoms with Gasteiger partial charge in [-0.2, -0.15) is 0 Å². The highest BCUT2D eigenvalue weighted by molar-refractivity contribution is 5.68. The van der Waals surface area contributed by atoms with Crippen molar-refractivity contribution in [3.05, 3.63) is 22.3 Å². The second kappa shape index (κ2) is 37.9. The average molecular weight is 865 g/mol. The molecule has 0 N–H and O–H groups in total. The molecule has 0 aromatic carbocycles. The summed E-state index contributed by atoms with van der Waals surface area (Å²) in [5.74, 6) is 0. The first-order valence-corrected chi connectivity index (χ1v) is 20.9. The Bertz CT molecular complexity index is 1190. The lowest BCUT2D eigenvalue weighted by molar-refractivity contribution is -0.0275. The first-order chi connectivity index (χ1) is 29.4. The van der Waals surface area contributed by atoms with Crippen molar-refractivity contribution in [2.45, 2.75) is 39.5 Å². The number of aromatic nitrogens is 3. The number of piperazine rings is 1. The van der Waals surface area contributed by atoms with Crippen LogP contribution in [-0.2, 0) is 74.7 Å². The number of azide groups is 1. The molecule has 1 saturated heterocycles. The molecule has 1 aromatic heterocycles. The van der Waals surface area contributed by atoms with Gasteiger partial charge in [-0.1, -0.05) is 10.3 Å². The smallest absolute Gasteiger partial charge is 0.410 e. The molecule has 1 fully saturated rings. The van der Waals surface area contributed by atoms with Gasteiger partial charge in [-0.15, -0.1) is 5.10 Å². The van der Waals surface area contributed by atoms with Crippen LogP contribution in [0.3, 0.4) is 0 Å². The molecule has 0 radical (unpaired) electrons. The van der Waals surface area contributed by atoms with E-state index in [4.69, 9.17) is 67.1 Å². The molecule has 60 heavy (non-hydrogen) atoms. The summed E-state index contributed by atoms with van der Waals surface area (Å²) in [7, 11) is 0. The molecule has 348 valence electrons. The zero-order chi connectivity index (χ0) is 43.0. The monoisotopic (exact) mass is 865 g/mol. The number of hydrogen-bond donors (Lipinski definition) is 0. The number of hydrogen-bond acceptors (Lipinski definition) is 18. The number of amides is 1. The van der Waals surface area contributed by atoms with Crippen LogP contribution < -0.4 is 0 Å². The van der Waals surface area contributed by atoms with Gasteiger partial charge in [-0.05, 0) is 26.3 Å². The van der Waals surface area contributed by atoms with Crippen molar-refractivity contribution in [3.8, 4) is 0 Å². The van der Waals surface area contributed by atoms with E-state index in [1.807, 2.05) is 27.0 Å². The van der Waals surface area contributed by atoms with Crippen LogP contribution in [0, 0.1) is 0 Å². The van der Waals surface area contributed by atoms with Gasteiger partial charge in [-0.25, -0.2) is 9.48 Å². The van der Waals surface area contributed by atoms with Crippen molar-refractivity contribution < 1.29 is 66.4 Å². The molecular weight excluding hydrogens is 792 g/mol. The highest BCUT2D eigenvalue weighted by Crippen LogP contribution is 2.12. The summed E-state index contributed by atoms with van der Waals surface area (Å²) in [6.45, 7) is 21.7. The van der Waals surface area contributed by atoms with E-state index in [1.165, 1.54) is 0 Å². The first kappa shape index (κ1) is 53.3. The van der Waals surface area contributed by atoms with Gasteiger partial charge in [0.2, 0.25) is 0 Å². The Labute approximate surface area is 355 Å². The third-order valence-electron chi connectivity index (χ3n) is 8.00. The van der Waals surface area contributed by atoms with Gasteiger partial charge in [0.25, 0.3) is 0 Å². The largest absolute Gasteiger partial charge is 0.444 e. The Morgan fingerprint density at radius 2 is 0.967 bits per heavy atom. The fourth-order valence-electron chi connectivity index (χ4n) is 4.97. The van der Waals surface area contributed by atoms with E-state index in [9.17, 15) is 4.79 Å². The topological polar surface area (TPSA) is 223 Å². The Morgan fingerprint density at radius 3 is 1.37 bits per heavy atom. The number of rotatable bonds is 41. The molecular formula is C38H72N8O14. The predicted molar refractivity (Wildman–Crippen MR) is 217 cm³/mol. The molecule has 2 heterocycles. The third-order valence-corrected chi connectivity index (χ3v) is 8.00. The van der Waals surface area contributed by atoms with Gasteiger partial charge < -0.3 is 66.5 Å². The molecule has 1 aromatic rings. The minimum absolute atomic E-state index is 0.252. The van der Waals surface area contributed by atoms with Gasteiger partial charge in [0.05, 0.1) is 171 Å². The van der Waals surface area contributed by atoms with Crippen molar-refractivity contribution in [1.82, 2.24) is 24.8 Å².